The van der Waals surface area contributed by atoms with Gasteiger partial charge in [0.15, 0.2) is 0 Å². The molecule has 9 heteroatoms. The Bertz CT molecular complexity index is 923. The molecule has 0 N–H and O–H groups in total. The van der Waals surface area contributed by atoms with Crippen LogP contribution in [0.1, 0.15) is 26.5 Å². The number of carbonyl (C=O) groups is 1. The lowest BCUT2D eigenvalue weighted by Crippen LogP contribution is -2.44. The average molecular weight is 400 g/mol. The Balaban J connectivity index is 2.40. The summed E-state index contributed by atoms with van der Waals surface area (Å²) in [6, 6.07) is 1.33. The van der Waals surface area contributed by atoms with Crippen LogP contribution in [0.2, 0.25) is 0 Å². The van der Waals surface area contributed by atoms with Gasteiger partial charge in [0.25, 0.3) is 0 Å². The monoisotopic (exact) mass is 399 g/mol. The fourth-order valence-electron chi connectivity index (χ4n) is 2.75. The molecule has 0 saturated carbocycles. The third-order valence-electron chi connectivity index (χ3n) is 3.73. The van der Waals surface area contributed by atoms with E-state index >= 15 is 0 Å². The number of rotatable bonds is 6. The number of hydrogen-bond donors (Lipinski definition) is 0. The van der Waals surface area contributed by atoms with Gasteiger partial charge in [-0.1, -0.05) is 25.2 Å². The molecule has 0 bridgehead atoms. The second-order valence-electron chi connectivity index (χ2n) is 6.80. The topological polar surface area (TPSA) is 80.2 Å². The van der Waals surface area contributed by atoms with Gasteiger partial charge in [-0.05, 0) is 19.9 Å². The van der Waals surface area contributed by atoms with E-state index in [0.717, 1.165) is 12.5 Å². The first-order valence-corrected chi connectivity index (χ1v) is 10.9. The molecule has 26 heavy (non-hydrogen) atoms. The van der Waals surface area contributed by atoms with E-state index in [4.69, 9.17) is 0 Å². The van der Waals surface area contributed by atoms with Crippen molar-refractivity contribution in [3.05, 3.63) is 30.0 Å². The van der Waals surface area contributed by atoms with Gasteiger partial charge in [-0.3, -0.25) is 9.78 Å². The van der Waals surface area contributed by atoms with Crippen molar-refractivity contribution in [2.75, 3.05) is 23.5 Å². The Morgan fingerprint density at radius 2 is 2.00 bits per heavy atom. The Labute approximate surface area is 157 Å². The highest BCUT2D eigenvalue weighted by Gasteiger charge is 2.36. The van der Waals surface area contributed by atoms with E-state index in [1.54, 1.807) is 20.8 Å². The molecule has 0 aliphatic heterocycles. The van der Waals surface area contributed by atoms with Crippen LogP contribution in [0.4, 0.5) is 9.39 Å². The molecule has 2 rings (SSSR count). The second-order valence-corrected chi connectivity index (χ2v) is 9.92. The van der Waals surface area contributed by atoms with Crippen LogP contribution in [0.5, 0.6) is 0 Å². The molecule has 6 nitrogen and oxygen atoms in total. The molecule has 0 radical (unpaired) electrons. The number of thiazole rings is 1. The number of nitrogens with zero attached hydrogens (tertiary/aromatic N) is 3. The van der Waals surface area contributed by atoms with Crippen molar-refractivity contribution in [2.45, 2.75) is 27.7 Å². The molecular weight excluding hydrogens is 377 g/mol. The largest absolute Gasteiger partial charge is 0.302 e. The average Bonchev–Trinajstić information content (AvgIpc) is 2.88. The number of carbonyl (C=O) groups excluding carboxylic acids is 1. The predicted molar refractivity (Wildman–Crippen MR) is 102 cm³/mol. The van der Waals surface area contributed by atoms with Crippen molar-refractivity contribution >= 4 is 32.1 Å². The molecule has 0 aliphatic rings. The molecule has 0 unspecified atom stereocenters. The van der Waals surface area contributed by atoms with E-state index in [-0.39, 0.29) is 11.7 Å². The van der Waals surface area contributed by atoms with Gasteiger partial charge in [0, 0.05) is 24.6 Å². The van der Waals surface area contributed by atoms with Gasteiger partial charge in [-0.15, -0.1) is 0 Å². The molecule has 0 aliphatic carbocycles. The number of aromatic nitrogens is 2. The number of hydrogen-bond acceptors (Lipinski definition) is 6. The van der Waals surface area contributed by atoms with E-state index in [1.807, 2.05) is 6.92 Å². The molecule has 0 atom stereocenters. The second kappa shape index (κ2) is 7.40. The van der Waals surface area contributed by atoms with Gasteiger partial charge in [-0.2, -0.15) is 0 Å². The highest BCUT2D eigenvalue weighted by atomic mass is 32.2. The minimum Gasteiger partial charge on any atom is -0.302 e. The smallest absolute Gasteiger partial charge is 0.234 e. The van der Waals surface area contributed by atoms with Crippen LogP contribution in [0, 0.1) is 18.2 Å². The van der Waals surface area contributed by atoms with Crippen molar-refractivity contribution in [2.24, 2.45) is 5.41 Å². The molecule has 2 aromatic heterocycles. The number of sulfone groups is 1. The lowest BCUT2D eigenvalue weighted by Gasteiger charge is -2.30. The molecular formula is C17H22FN3O3S2. The zero-order valence-corrected chi connectivity index (χ0v) is 17.0. The molecule has 0 saturated heterocycles. The van der Waals surface area contributed by atoms with Crippen LogP contribution in [0.25, 0.3) is 10.6 Å². The minimum absolute atomic E-state index is 0.242. The lowest BCUT2D eigenvalue weighted by atomic mass is 9.94. The van der Waals surface area contributed by atoms with E-state index in [1.165, 1.54) is 28.5 Å². The molecule has 1 amide bonds. The third kappa shape index (κ3) is 4.64. The van der Waals surface area contributed by atoms with E-state index in [9.17, 15) is 17.6 Å². The van der Waals surface area contributed by atoms with Crippen molar-refractivity contribution in [1.29, 1.82) is 0 Å². The third-order valence-corrected chi connectivity index (χ3v) is 6.21. The molecule has 2 aromatic rings. The van der Waals surface area contributed by atoms with Gasteiger partial charge in [0.05, 0.1) is 23.1 Å². The SMILES string of the molecule is CCN(C(=O)C(C)(C)CS(C)(=O)=O)c1sc(-c2cncc(F)c2)nc1C. The number of pyridine rings is 1. The summed E-state index contributed by atoms with van der Waals surface area (Å²) in [7, 11) is -3.31. The van der Waals surface area contributed by atoms with Crippen molar-refractivity contribution in [3.8, 4) is 10.6 Å². The van der Waals surface area contributed by atoms with Crippen LogP contribution < -0.4 is 4.90 Å². The van der Waals surface area contributed by atoms with Crippen LogP contribution in [-0.4, -0.2) is 42.8 Å². The molecule has 0 spiro atoms. The van der Waals surface area contributed by atoms with Crippen molar-refractivity contribution in [3.63, 3.8) is 0 Å². The number of aryl methyl sites for hydroxylation is 1. The van der Waals surface area contributed by atoms with Crippen LogP contribution >= 0.6 is 11.3 Å². The standard InChI is InChI=1S/C17H22FN3O3S2/c1-6-21(16(22)17(3,4)10-26(5,23)24)15-11(2)20-14(25-15)12-7-13(18)9-19-8-12/h7-9H,6,10H2,1-5H3. The van der Waals surface area contributed by atoms with Crippen LogP contribution in [-0.2, 0) is 14.6 Å². The number of anilines is 1. The van der Waals surface area contributed by atoms with Crippen LogP contribution in [0.3, 0.4) is 0 Å². The molecule has 142 valence electrons. The van der Waals surface area contributed by atoms with Crippen molar-refractivity contribution < 1.29 is 17.6 Å². The minimum atomic E-state index is -3.31. The summed E-state index contributed by atoms with van der Waals surface area (Å²) in [4.78, 5) is 22.8. The molecule has 2 heterocycles. The summed E-state index contributed by atoms with van der Waals surface area (Å²) in [6.07, 6.45) is 3.74. The summed E-state index contributed by atoms with van der Waals surface area (Å²) < 4.78 is 36.7. The molecule has 0 aromatic carbocycles. The first kappa shape index (κ1) is 20.4. The number of amides is 1. The zero-order chi connectivity index (χ0) is 19.7. The van der Waals surface area contributed by atoms with E-state index in [2.05, 4.69) is 9.97 Å². The first-order chi connectivity index (χ1) is 11.9. The van der Waals surface area contributed by atoms with E-state index in [0.29, 0.717) is 27.8 Å². The first-order valence-electron chi connectivity index (χ1n) is 8.02. The predicted octanol–water partition coefficient (Wildman–Crippen LogP) is 3.08. The maximum atomic E-state index is 13.4. The Kier molecular flexibility index (Phi) is 5.82. The summed E-state index contributed by atoms with van der Waals surface area (Å²) >= 11 is 1.25. The number of halogens is 1. The fraction of sp³-hybridized carbons (Fsp3) is 0.471. The fourth-order valence-corrected chi connectivity index (χ4v) is 5.30. The summed E-state index contributed by atoms with van der Waals surface area (Å²) in [5.74, 6) is -0.996. The maximum absolute atomic E-state index is 13.4. The summed E-state index contributed by atoms with van der Waals surface area (Å²) in [6.45, 7) is 7.19. The Morgan fingerprint density at radius 3 is 2.54 bits per heavy atom. The van der Waals surface area contributed by atoms with E-state index < -0.39 is 21.1 Å². The lowest BCUT2D eigenvalue weighted by molar-refractivity contribution is -0.125. The summed E-state index contributed by atoms with van der Waals surface area (Å²) in [5.41, 5.74) is 0.0866. The Hall–Kier alpha value is -1.87. The van der Waals surface area contributed by atoms with Crippen LogP contribution in [0.15, 0.2) is 18.5 Å². The van der Waals surface area contributed by atoms with Gasteiger partial charge in [0.2, 0.25) is 5.91 Å². The maximum Gasteiger partial charge on any atom is 0.234 e. The quantitative estimate of drug-likeness (QED) is 0.746. The summed E-state index contributed by atoms with van der Waals surface area (Å²) in [5, 5.41) is 1.18. The van der Waals surface area contributed by atoms with Gasteiger partial charge in [0.1, 0.15) is 25.7 Å². The van der Waals surface area contributed by atoms with Gasteiger partial charge >= 0.3 is 0 Å². The van der Waals surface area contributed by atoms with Gasteiger partial charge < -0.3 is 4.90 Å². The highest BCUT2D eigenvalue weighted by Crippen LogP contribution is 2.36. The van der Waals surface area contributed by atoms with Crippen molar-refractivity contribution in [1.82, 2.24) is 9.97 Å². The van der Waals surface area contributed by atoms with Gasteiger partial charge in [-0.25, -0.2) is 17.8 Å². The zero-order valence-electron chi connectivity index (χ0n) is 15.4. The molecule has 0 fully saturated rings. The highest BCUT2D eigenvalue weighted by molar-refractivity contribution is 7.90. The Morgan fingerprint density at radius 1 is 1.35 bits per heavy atom. The normalized spacial score (nSPS) is 12.2.